The van der Waals surface area contributed by atoms with Crippen molar-refractivity contribution in [3.05, 3.63) is 59.7 Å². The van der Waals surface area contributed by atoms with Crippen molar-refractivity contribution in [3.8, 4) is 0 Å². The fourth-order valence-corrected chi connectivity index (χ4v) is 2.93. The zero-order valence-electron chi connectivity index (χ0n) is 12.0. The van der Waals surface area contributed by atoms with Gasteiger partial charge in [-0.2, -0.15) is 0 Å². The Morgan fingerprint density at radius 1 is 1.25 bits per heavy atom. The maximum atomic E-state index is 4.58. The molecule has 3 heteroatoms. The Morgan fingerprint density at radius 2 is 2.20 bits per heavy atom. The van der Waals surface area contributed by atoms with Crippen LogP contribution >= 0.6 is 0 Å². The molecule has 1 atom stereocenters. The Kier molecular flexibility index (Phi) is 4.07. The van der Waals surface area contributed by atoms with Gasteiger partial charge in [-0.05, 0) is 49.1 Å². The standard InChI is InChI=1S/C17H21N3/c1-2-14-7-8-16(19-11-14)13-20-10-4-6-17(20)15-5-3-9-18-12-15/h3,5,7-9,11-12,17H,2,4,6,10,13H2,1H3. The normalized spacial score (nSPS) is 19.4. The average molecular weight is 267 g/mol. The van der Waals surface area contributed by atoms with E-state index in [-0.39, 0.29) is 0 Å². The fourth-order valence-electron chi connectivity index (χ4n) is 2.93. The van der Waals surface area contributed by atoms with Gasteiger partial charge >= 0.3 is 0 Å². The third-order valence-electron chi connectivity index (χ3n) is 4.09. The zero-order valence-corrected chi connectivity index (χ0v) is 12.0. The average Bonchev–Trinajstić information content (AvgIpc) is 2.97. The van der Waals surface area contributed by atoms with E-state index in [1.54, 1.807) is 0 Å². The molecule has 1 saturated heterocycles. The lowest BCUT2D eigenvalue weighted by atomic mass is 10.1. The molecule has 0 N–H and O–H groups in total. The van der Waals surface area contributed by atoms with Gasteiger partial charge in [0.05, 0.1) is 5.69 Å². The van der Waals surface area contributed by atoms with Crippen molar-refractivity contribution < 1.29 is 0 Å². The predicted molar refractivity (Wildman–Crippen MR) is 80.2 cm³/mol. The molecule has 2 aromatic rings. The van der Waals surface area contributed by atoms with E-state index in [9.17, 15) is 0 Å². The molecule has 3 rings (SSSR count). The summed E-state index contributed by atoms with van der Waals surface area (Å²) in [6.07, 6.45) is 9.37. The number of aromatic nitrogens is 2. The lowest BCUT2D eigenvalue weighted by molar-refractivity contribution is 0.245. The monoisotopic (exact) mass is 267 g/mol. The van der Waals surface area contributed by atoms with Crippen molar-refractivity contribution in [3.63, 3.8) is 0 Å². The second kappa shape index (κ2) is 6.14. The first-order chi connectivity index (χ1) is 9.86. The minimum atomic E-state index is 0.497. The molecular weight excluding hydrogens is 246 g/mol. The first kappa shape index (κ1) is 13.3. The van der Waals surface area contributed by atoms with E-state index in [2.05, 4.69) is 40.0 Å². The lowest BCUT2D eigenvalue weighted by Crippen LogP contribution is -2.23. The highest BCUT2D eigenvalue weighted by atomic mass is 15.2. The second-order valence-electron chi connectivity index (χ2n) is 5.43. The van der Waals surface area contributed by atoms with Crippen molar-refractivity contribution in [2.45, 2.75) is 38.8 Å². The molecule has 20 heavy (non-hydrogen) atoms. The molecule has 0 aliphatic carbocycles. The Bertz CT molecular complexity index is 536. The smallest absolute Gasteiger partial charge is 0.0544 e. The molecule has 0 amide bonds. The first-order valence-electron chi connectivity index (χ1n) is 7.44. The number of likely N-dealkylation sites (tertiary alicyclic amines) is 1. The van der Waals surface area contributed by atoms with Crippen molar-refractivity contribution in [2.75, 3.05) is 6.54 Å². The van der Waals surface area contributed by atoms with Gasteiger partial charge in [-0.1, -0.05) is 19.1 Å². The predicted octanol–water partition coefficient (Wildman–Crippen LogP) is 3.38. The van der Waals surface area contributed by atoms with E-state index in [4.69, 9.17) is 0 Å². The summed E-state index contributed by atoms with van der Waals surface area (Å²) in [5, 5.41) is 0. The maximum absolute atomic E-state index is 4.58. The van der Waals surface area contributed by atoms with Crippen LogP contribution in [0.4, 0.5) is 0 Å². The minimum Gasteiger partial charge on any atom is -0.290 e. The highest BCUT2D eigenvalue weighted by molar-refractivity contribution is 5.17. The number of pyridine rings is 2. The van der Waals surface area contributed by atoms with Crippen molar-refractivity contribution in [2.24, 2.45) is 0 Å². The van der Waals surface area contributed by atoms with E-state index in [1.165, 1.54) is 24.0 Å². The Morgan fingerprint density at radius 3 is 2.90 bits per heavy atom. The van der Waals surface area contributed by atoms with Gasteiger partial charge < -0.3 is 0 Å². The SMILES string of the molecule is CCc1ccc(CN2CCCC2c2cccnc2)nc1. The summed E-state index contributed by atoms with van der Waals surface area (Å²) in [5.74, 6) is 0. The van der Waals surface area contributed by atoms with Crippen LogP contribution in [0.1, 0.15) is 42.6 Å². The third-order valence-corrected chi connectivity index (χ3v) is 4.09. The van der Waals surface area contributed by atoms with E-state index in [0.717, 1.165) is 25.2 Å². The minimum absolute atomic E-state index is 0.497. The number of rotatable bonds is 4. The summed E-state index contributed by atoms with van der Waals surface area (Å²) >= 11 is 0. The van der Waals surface area contributed by atoms with Gasteiger partial charge in [0.15, 0.2) is 0 Å². The van der Waals surface area contributed by atoms with Crippen molar-refractivity contribution in [1.82, 2.24) is 14.9 Å². The quantitative estimate of drug-likeness (QED) is 0.850. The van der Waals surface area contributed by atoms with Crippen LogP contribution in [0.25, 0.3) is 0 Å². The first-order valence-corrected chi connectivity index (χ1v) is 7.44. The van der Waals surface area contributed by atoms with Crippen LogP contribution in [0.3, 0.4) is 0 Å². The molecule has 0 aromatic carbocycles. The van der Waals surface area contributed by atoms with Gasteiger partial charge in [0.2, 0.25) is 0 Å². The molecule has 1 unspecified atom stereocenters. The molecule has 1 aliphatic rings. The molecule has 1 fully saturated rings. The number of aryl methyl sites for hydroxylation is 1. The van der Waals surface area contributed by atoms with E-state index in [0.29, 0.717) is 6.04 Å². The lowest BCUT2D eigenvalue weighted by Gasteiger charge is -2.24. The number of hydrogen-bond acceptors (Lipinski definition) is 3. The summed E-state index contributed by atoms with van der Waals surface area (Å²) in [7, 11) is 0. The van der Waals surface area contributed by atoms with Gasteiger partial charge in [0.1, 0.15) is 0 Å². The number of nitrogens with zero attached hydrogens (tertiary/aromatic N) is 3. The second-order valence-corrected chi connectivity index (χ2v) is 5.43. The van der Waals surface area contributed by atoms with Crippen LogP contribution in [0.2, 0.25) is 0 Å². The molecule has 1 aliphatic heterocycles. The molecule has 0 bridgehead atoms. The van der Waals surface area contributed by atoms with Crippen LogP contribution in [0.5, 0.6) is 0 Å². The van der Waals surface area contributed by atoms with E-state index >= 15 is 0 Å². The maximum Gasteiger partial charge on any atom is 0.0544 e. The van der Waals surface area contributed by atoms with Crippen molar-refractivity contribution in [1.29, 1.82) is 0 Å². The highest BCUT2D eigenvalue weighted by Gasteiger charge is 2.26. The van der Waals surface area contributed by atoms with Crippen LogP contribution < -0.4 is 0 Å². The van der Waals surface area contributed by atoms with Crippen molar-refractivity contribution >= 4 is 0 Å². The molecule has 3 heterocycles. The van der Waals surface area contributed by atoms with Gasteiger partial charge in [0.25, 0.3) is 0 Å². The van der Waals surface area contributed by atoms with Gasteiger partial charge in [-0.3, -0.25) is 14.9 Å². The Balaban J connectivity index is 1.72. The summed E-state index contributed by atoms with van der Waals surface area (Å²) in [6.45, 7) is 4.25. The molecule has 0 saturated carbocycles. The molecule has 0 spiro atoms. The van der Waals surface area contributed by atoms with Gasteiger partial charge in [-0.25, -0.2) is 0 Å². The highest BCUT2D eigenvalue weighted by Crippen LogP contribution is 2.32. The van der Waals surface area contributed by atoms with Gasteiger partial charge in [0, 0.05) is 31.2 Å². The topological polar surface area (TPSA) is 29.0 Å². The Labute approximate surface area is 120 Å². The van der Waals surface area contributed by atoms with Crippen LogP contribution in [0, 0.1) is 0 Å². The fraction of sp³-hybridized carbons (Fsp3) is 0.412. The van der Waals surface area contributed by atoms with Gasteiger partial charge in [-0.15, -0.1) is 0 Å². The molecular formula is C17H21N3. The number of hydrogen-bond donors (Lipinski definition) is 0. The Hall–Kier alpha value is -1.74. The molecule has 2 aromatic heterocycles. The van der Waals surface area contributed by atoms with E-state index in [1.807, 2.05) is 24.7 Å². The summed E-state index contributed by atoms with van der Waals surface area (Å²) in [6, 6.07) is 9.06. The summed E-state index contributed by atoms with van der Waals surface area (Å²) in [4.78, 5) is 11.4. The molecule has 0 radical (unpaired) electrons. The largest absolute Gasteiger partial charge is 0.290 e. The summed E-state index contributed by atoms with van der Waals surface area (Å²) in [5.41, 5.74) is 3.80. The molecule has 3 nitrogen and oxygen atoms in total. The van der Waals surface area contributed by atoms with Crippen LogP contribution in [0.15, 0.2) is 42.9 Å². The third kappa shape index (κ3) is 2.88. The van der Waals surface area contributed by atoms with Crippen LogP contribution in [-0.2, 0) is 13.0 Å². The van der Waals surface area contributed by atoms with Crippen LogP contribution in [-0.4, -0.2) is 21.4 Å². The summed E-state index contributed by atoms with van der Waals surface area (Å²) < 4.78 is 0. The zero-order chi connectivity index (χ0) is 13.8. The molecule has 104 valence electrons. The van der Waals surface area contributed by atoms with E-state index < -0.39 is 0 Å².